The minimum atomic E-state index is -1.26. The summed E-state index contributed by atoms with van der Waals surface area (Å²) < 4.78 is 10.8. The fourth-order valence-electron chi connectivity index (χ4n) is 2.68. The molecule has 2 rings (SSSR count). The molecule has 0 spiro atoms. The van der Waals surface area contributed by atoms with Crippen molar-refractivity contribution >= 4 is 11.9 Å². The maximum Gasteiger partial charge on any atom is 0.328 e. The van der Waals surface area contributed by atoms with Gasteiger partial charge in [-0.2, -0.15) is 0 Å². The highest BCUT2D eigenvalue weighted by atomic mass is 16.7. The quantitative estimate of drug-likeness (QED) is 0.783. The van der Waals surface area contributed by atoms with Crippen LogP contribution in [0.25, 0.3) is 0 Å². The number of aliphatic carboxylic acids is 2. The lowest BCUT2D eigenvalue weighted by molar-refractivity contribution is -0.139. The molecule has 0 amide bonds. The molecule has 1 aliphatic heterocycles. The molecule has 0 aliphatic carbocycles. The van der Waals surface area contributed by atoms with E-state index in [1.54, 1.807) is 0 Å². The Labute approximate surface area is 147 Å². The molecule has 1 unspecified atom stereocenters. The summed E-state index contributed by atoms with van der Waals surface area (Å²) in [5.41, 5.74) is 2.64. The molecule has 1 aromatic rings. The van der Waals surface area contributed by atoms with E-state index < -0.39 is 11.9 Å². The van der Waals surface area contributed by atoms with Crippen molar-refractivity contribution in [3.63, 3.8) is 0 Å². The largest absolute Gasteiger partial charge is 0.478 e. The second-order valence-electron chi connectivity index (χ2n) is 5.95. The maximum absolute atomic E-state index is 9.55. The number of hydrogen-bond acceptors (Lipinski definition) is 5. The molecule has 0 saturated carbocycles. The molecule has 25 heavy (non-hydrogen) atoms. The highest BCUT2D eigenvalue weighted by molar-refractivity contribution is 5.89. The van der Waals surface area contributed by atoms with Crippen molar-refractivity contribution in [2.24, 2.45) is 5.92 Å². The summed E-state index contributed by atoms with van der Waals surface area (Å²) in [6.45, 7) is 4.11. The fraction of sp³-hybridized carbons (Fsp3) is 0.444. The van der Waals surface area contributed by atoms with Gasteiger partial charge in [0.2, 0.25) is 0 Å². The first-order chi connectivity index (χ1) is 11.8. The number of carboxylic acids is 2. The van der Waals surface area contributed by atoms with E-state index in [1.165, 1.54) is 11.1 Å². The Balaban J connectivity index is 0.000000333. The SMILES string of the molecule is Cc1cccc(C(C2COCOC2)N(C)C)c1.O=C(O)/C=C\C(=O)O. The smallest absolute Gasteiger partial charge is 0.328 e. The molecule has 1 saturated heterocycles. The number of aryl methyl sites for hydroxylation is 1. The summed E-state index contributed by atoms with van der Waals surface area (Å²) in [6, 6.07) is 9.04. The van der Waals surface area contributed by atoms with Gasteiger partial charge in [0.15, 0.2) is 0 Å². The monoisotopic (exact) mass is 351 g/mol. The number of hydrogen-bond donors (Lipinski definition) is 2. The van der Waals surface area contributed by atoms with E-state index in [2.05, 4.69) is 50.2 Å². The molecule has 1 aliphatic rings. The molecule has 0 radical (unpaired) electrons. The Hall–Kier alpha value is -2.22. The summed E-state index contributed by atoms with van der Waals surface area (Å²) >= 11 is 0. The zero-order valence-corrected chi connectivity index (χ0v) is 14.7. The first-order valence-corrected chi connectivity index (χ1v) is 7.83. The van der Waals surface area contributed by atoms with Crippen molar-refractivity contribution in [1.82, 2.24) is 4.90 Å². The highest BCUT2D eigenvalue weighted by Crippen LogP contribution is 2.29. The van der Waals surface area contributed by atoms with Gasteiger partial charge in [-0.05, 0) is 26.6 Å². The molecule has 138 valence electrons. The van der Waals surface area contributed by atoms with Gasteiger partial charge in [0.25, 0.3) is 0 Å². The van der Waals surface area contributed by atoms with Crippen LogP contribution in [-0.2, 0) is 19.1 Å². The number of carboxylic acid groups (broad SMARTS) is 2. The van der Waals surface area contributed by atoms with E-state index in [9.17, 15) is 9.59 Å². The Morgan fingerprint density at radius 2 is 1.72 bits per heavy atom. The zero-order valence-electron chi connectivity index (χ0n) is 14.7. The predicted octanol–water partition coefficient (Wildman–Crippen LogP) is 1.93. The molecule has 2 N–H and O–H groups in total. The number of nitrogens with zero attached hydrogens (tertiary/aromatic N) is 1. The van der Waals surface area contributed by atoms with E-state index in [0.717, 1.165) is 13.2 Å². The van der Waals surface area contributed by atoms with Crippen LogP contribution in [0.4, 0.5) is 0 Å². The summed E-state index contributed by atoms with van der Waals surface area (Å²) in [4.78, 5) is 21.4. The lowest BCUT2D eigenvalue weighted by Gasteiger charge is -2.34. The van der Waals surface area contributed by atoms with Gasteiger partial charge >= 0.3 is 11.9 Å². The minimum Gasteiger partial charge on any atom is -0.478 e. The van der Waals surface area contributed by atoms with Gasteiger partial charge in [0, 0.05) is 24.1 Å². The van der Waals surface area contributed by atoms with Crippen molar-refractivity contribution in [3.8, 4) is 0 Å². The zero-order chi connectivity index (χ0) is 18.8. The Morgan fingerprint density at radius 3 is 2.16 bits per heavy atom. The molecule has 7 nitrogen and oxygen atoms in total. The predicted molar refractivity (Wildman–Crippen MR) is 92.3 cm³/mol. The average Bonchev–Trinajstić information content (AvgIpc) is 2.54. The van der Waals surface area contributed by atoms with Crippen LogP contribution < -0.4 is 0 Å². The van der Waals surface area contributed by atoms with Crippen LogP contribution in [0.15, 0.2) is 36.4 Å². The van der Waals surface area contributed by atoms with Crippen LogP contribution >= 0.6 is 0 Å². The summed E-state index contributed by atoms with van der Waals surface area (Å²) in [7, 11) is 4.23. The van der Waals surface area contributed by atoms with Crippen LogP contribution in [-0.4, -0.2) is 61.2 Å². The van der Waals surface area contributed by atoms with Crippen LogP contribution in [0.1, 0.15) is 17.2 Å². The molecule has 1 aromatic carbocycles. The van der Waals surface area contributed by atoms with E-state index in [0.29, 0.717) is 30.9 Å². The van der Waals surface area contributed by atoms with Crippen molar-refractivity contribution in [3.05, 3.63) is 47.5 Å². The highest BCUT2D eigenvalue weighted by Gasteiger charge is 2.27. The summed E-state index contributed by atoms with van der Waals surface area (Å²) in [5, 5.41) is 15.6. The molecule has 0 bridgehead atoms. The third kappa shape index (κ3) is 7.93. The molecular formula is C18H25NO6. The van der Waals surface area contributed by atoms with Crippen LogP contribution in [0.5, 0.6) is 0 Å². The van der Waals surface area contributed by atoms with E-state index in [4.69, 9.17) is 19.7 Å². The lowest BCUT2D eigenvalue weighted by atomic mass is 9.92. The van der Waals surface area contributed by atoms with E-state index >= 15 is 0 Å². The van der Waals surface area contributed by atoms with Crippen LogP contribution in [0.3, 0.4) is 0 Å². The van der Waals surface area contributed by atoms with Crippen molar-refractivity contribution in [2.45, 2.75) is 13.0 Å². The summed E-state index contributed by atoms with van der Waals surface area (Å²) in [6.07, 6.45) is 1.12. The summed E-state index contributed by atoms with van der Waals surface area (Å²) in [5.74, 6) is -2.11. The maximum atomic E-state index is 9.55. The number of carbonyl (C=O) groups is 2. The average molecular weight is 351 g/mol. The third-order valence-corrected chi connectivity index (χ3v) is 3.59. The molecule has 1 atom stereocenters. The second-order valence-corrected chi connectivity index (χ2v) is 5.95. The van der Waals surface area contributed by atoms with Crippen LogP contribution in [0.2, 0.25) is 0 Å². The van der Waals surface area contributed by atoms with Gasteiger partial charge in [0.1, 0.15) is 6.79 Å². The van der Waals surface area contributed by atoms with E-state index in [1.807, 2.05) is 0 Å². The fourth-order valence-corrected chi connectivity index (χ4v) is 2.68. The molecule has 0 aromatic heterocycles. The van der Waals surface area contributed by atoms with Gasteiger partial charge < -0.3 is 24.6 Å². The van der Waals surface area contributed by atoms with Gasteiger partial charge in [-0.15, -0.1) is 0 Å². The van der Waals surface area contributed by atoms with Gasteiger partial charge in [-0.1, -0.05) is 29.8 Å². The van der Waals surface area contributed by atoms with Crippen LogP contribution in [0, 0.1) is 12.8 Å². The topological polar surface area (TPSA) is 96.3 Å². The first kappa shape index (κ1) is 20.8. The number of rotatable bonds is 5. The Morgan fingerprint density at radius 1 is 1.16 bits per heavy atom. The minimum absolute atomic E-state index is 0.357. The van der Waals surface area contributed by atoms with Gasteiger partial charge in [0.05, 0.1) is 13.2 Å². The van der Waals surface area contributed by atoms with Gasteiger partial charge in [-0.25, -0.2) is 9.59 Å². The number of ether oxygens (including phenoxy) is 2. The standard InChI is InChI=1S/C14H21NO2.C4H4O4/c1-11-5-4-6-12(7-11)14(15(2)3)13-8-16-10-17-9-13;5-3(6)1-2-4(7)8/h4-7,13-14H,8-10H2,1-3H3;1-2H,(H,5,6)(H,7,8)/b;2-1-. The molecule has 1 fully saturated rings. The normalized spacial score (nSPS) is 16.3. The molecule has 7 heteroatoms. The Bertz CT molecular complexity index is 577. The first-order valence-electron chi connectivity index (χ1n) is 7.83. The van der Waals surface area contributed by atoms with Crippen molar-refractivity contribution < 1.29 is 29.3 Å². The van der Waals surface area contributed by atoms with E-state index in [-0.39, 0.29) is 0 Å². The third-order valence-electron chi connectivity index (χ3n) is 3.59. The molecule has 1 heterocycles. The van der Waals surface area contributed by atoms with Gasteiger partial charge in [-0.3, -0.25) is 0 Å². The number of benzene rings is 1. The molecular weight excluding hydrogens is 326 g/mol. The lowest BCUT2D eigenvalue weighted by Crippen LogP contribution is -2.36. The Kier molecular flexibility index (Phi) is 8.83. The van der Waals surface area contributed by atoms with Crippen molar-refractivity contribution in [2.75, 3.05) is 34.1 Å². The van der Waals surface area contributed by atoms with Crippen molar-refractivity contribution in [1.29, 1.82) is 0 Å². The second kappa shape index (κ2) is 10.6.